The molecule has 0 unspecified atom stereocenters. The van der Waals surface area contributed by atoms with E-state index in [-0.39, 0.29) is 5.82 Å². The average Bonchev–Trinajstić information content (AvgIpc) is 2.58. The summed E-state index contributed by atoms with van der Waals surface area (Å²) >= 11 is 0. The molecule has 0 spiro atoms. The summed E-state index contributed by atoms with van der Waals surface area (Å²) in [6.07, 6.45) is 0. The predicted octanol–water partition coefficient (Wildman–Crippen LogP) is 4.93. The second kappa shape index (κ2) is 5.17. The number of halogens is 1. The molecule has 4 rings (SSSR count). The van der Waals surface area contributed by atoms with Crippen molar-refractivity contribution in [3.63, 3.8) is 0 Å². The van der Waals surface area contributed by atoms with E-state index < -0.39 is 0 Å². The van der Waals surface area contributed by atoms with Gasteiger partial charge in [0, 0.05) is 17.7 Å². The molecule has 0 saturated heterocycles. The normalized spacial score (nSPS) is 11.3. The first-order chi connectivity index (χ1) is 11.1. The van der Waals surface area contributed by atoms with Crippen molar-refractivity contribution in [2.75, 3.05) is 0 Å². The Hall–Kier alpha value is -2.74. The summed E-state index contributed by atoms with van der Waals surface area (Å²) in [5, 5.41) is 3.79. The number of aromatic nitrogens is 1. The second-order valence-corrected chi connectivity index (χ2v) is 5.96. The van der Waals surface area contributed by atoms with Crippen molar-refractivity contribution in [3.05, 3.63) is 78.1 Å². The van der Waals surface area contributed by atoms with E-state index in [1.807, 2.05) is 12.1 Å². The minimum atomic E-state index is -0.208. The molecule has 1 heterocycles. The molecule has 4 aromatic rings. The molecule has 0 fully saturated rings. The topological polar surface area (TPSA) is 3.88 Å². The fourth-order valence-electron chi connectivity index (χ4n) is 3.36. The summed E-state index contributed by atoms with van der Waals surface area (Å²) in [7, 11) is 2.06. The first kappa shape index (κ1) is 13.9. The monoisotopic (exact) mass is 302 g/mol. The number of nitrogens with zero attached hydrogens (tertiary/aromatic N) is 1. The Kier molecular flexibility index (Phi) is 3.12. The van der Waals surface area contributed by atoms with E-state index in [2.05, 4.69) is 61.0 Å². The fourth-order valence-corrected chi connectivity index (χ4v) is 3.36. The van der Waals surface area contributed by atoms with Crippen LogP contribution in [0.3, 0.4) is 0 Å². The third kappa shape index (κ3) is 2.18. The summed E-state index contributed by atoms with van der Waals surface area (Å²) in [4.78, 5) is 0. The van der Waals surface area contributed by atoms with Crippen LogP contribution in [0.5, 0.6) is 0 Å². The maximum absolute atomic E-state index is 13.2. The molecule has 0 aliphatic rings. The van der Waals surface area contributed by atoms with Gasteiger partial charge in [-0.2, -0.15) is 4.57 Å². The van der Waals surface area contributed by atoms with Crippen molar-refractivity contribution in [2.24, 2.45) is 7.05 Å². The van der Waals surface area contributed by atoms with Crippen LogP contribution in [-0.2, 0) is 7.05 Å². The zero-order valence-electron chi connectivity index (χ0n) is 13.2. The van der Waals surface area contributed by atoms with Crippen molar-refractivity contribution in [3.8, 4) is 11.3 Å². The van der Waals surface area contributed by atoms with Crippen LogP contribution in [0.2, 0.25) is 0 Å². The lowest BCUT2D eigenvalue weighted by molar-refractivity contribution is -0.633. The molecule has 0 radical (unpaired) electrons. The Labute approximate surface area is 134 Å². The van der Waals surface area contributed by atoms with Crippen molar-refractivity contribution >= 4 is 21.7 Å². The minimum Gasteiger partial charge on any atom is -0.207 e. The highest BCUT2D eigenvalue weighted by Gasteiger charge is 2.18. The smallest absolute Gasteiger partial charge is 0.207 e. The van der Waals surface area contributed by atoms with Gasteiger partial charge in [-0.15, -0.1) is 0 Å². The van der Waals surface area contributed by atoms with Crippen LogP contribution in [0.1, 0.15) is 5.56 Å². The molecule has 0 bridgehead atoms. The Morgan fingerprint density at radius 2 is 1.61 bits per heavy atom. The summed E-state index contributed by atoms with van der Waals surface area (Å²) in [6, 6.07) is 21.6. The molecular formula is C21H17FN+. The Balaban J connectivity index is 2.08. The first-order valence-electron chi connectivity index (χ1n) is 7.72. The number of hydrogen-bond donors (Lipinski definition) is 0. The van der Waals surface area contributed by atoms with E-state index in [1.54, 1.807) is 0 Å². The standard InChI is InChI=1S/C21H17FN/c1-14-13-20(16-7-10-17(22)11-8-16)23(2)19-12-9-15-5-3-4-6-18(15)21(14)19/h3-13H,1-2H3/q+1. The third-order valence-corrected chi connectivity index (χ3v) is 4.52. The lowest BCUT2D eigenvalue weighted by atomic mass is 9.99. The third-order valence-electron chi connectivity index (χ3n) is 4.52. The van der Waals surface area contributed by atoms with Crippen LogP contribution in [0.4, 0.5) is 4.39 Å². The number of rotatable bonds is 1. The molecule has 2 heteroatoms. The Morgan fingerprint density at radius 3 is 2.39 bits per heavy atom. The van der Waals surface area contributed by atoms with Crippen LogP contribution < -0.4 is 4.57 Å². The van der Waals surface area contributed by atoms with Gasteiger partial charge in [0.25, 0.3) is 0 Å². The molecule has 3 aromatic carbocycles. The molecule has 0 saturated carbocycles. The van der Waals surface area contributed by atoms with E-state index in [9.17, 15) is 4.39 Å². The van der Waals surface area contributed by atoms with Gasteiger partial charge in [0.2, 0.25) is 11.2 Å². The van der Waals surface area contributed by atoms with E-state index in [0.29, 0.717) is 0 Å². The van der Waals surface area contributed by atoms with Crippen LogP contribution in [0.25, 0.3) is 32.9 Å². The molecule has 23 heavy (non-hydrogen) atoms. The SMILES string of the molecule is Cc1cc(-c2ccc(F)cc2)[n+](C)c2ccc3ccccc3c12. The molecule has 112 valence electrons. The van der Waals surface area contributed by atoms with E-state index in [4.69, 9.17) is 0 Å². The van der Waals surface area contributed by atoms with Gasteiger partial charge in [0.15, 0.2) is 0 Å². The minimum absolute atomic E-state index is 0.208. The van der Waals surface area contributed by atoms with Gasteiger partial charge < -0.3 is 0 Å². The van der Waals surface area contributed by atoms with Gasteiger partial charge in [-0.1, -0.05) is 24.3 Å². The van der Waals surface area contributed by atoms with Gasteiger partial charge in [-0.25, -0.2) is 4.39 Å². The summed E-state index contributed by atoms with van der Waals surface area (Å²) in [6.45, 7) is 2.14. The molecule has 1 nitrogen and oxygen atoms in total. The predicted molar refractivity (Wildman–Crippen MR) is 92.8 cm³/mol. The van der Waals surface area contributed by atoms with E-state index in [0.717, 1.165) is 11.3 Å². The highest BCUT2D eigenvalue weighted by atomic mass is 19.1. The largest absolute Gasteiger partial charge is 0.213 e. The number of pyridine rings is 1. The quantitative estimate of drug-likeness (QED) is 0.347. The molecule has 1 aromatic heterocycles. The molecule has 0 aliphatic heterocycles. The summed E-state index contributed by atoms with van der Waals surface area (Å²) in [5.74, 6) is -0.208. The highest BCUT2D eigenvalue weighted by Crippen LogP contribution is 2.29. The van der Waals surface area contributed by atoms with E-state index >= 15 is 0 Å². The number of benzene rings is 3. The zero-order valence-corrected chi connectivity index (χ0v) is 13.2. The summed E-state index contributed by atoms with van der Waals surface area (Å²) in [5.41, 5.74) is 4.52. The lowest BCUT2D eigenvalue weighted by Gasteiger charge is -2.09. The number of hydrogen-bond acceptors (Lipinski definition) is 0. The van der Waals surface area contributed by atoms with Gasteiger partial charge in [0.05, 0.1) is 5.39 Å². The molecular weight excluding hydrogens is 285 g/mol. The average molecular weight is 302 g/mol. The molecule has 0 aliphatic carbocycles. The lowest BCUT2D eigenvalue weighted by Crippen LogP contribution is -2.32. The number of aryl methyl sites for hydroxylation is 2. The maximum Gasteiger partial charge on any atom is 0.213 e. The van der Waals surface area contributed by atoms with Crippen LogP contribution in [0.15, 0.2) is 66.7 Å². The van der Waals surface area contributed by atoms with Crippen LogP contribution >= 0.6 is 0 Å². The maximum atomic E-state index is 13.2. The van der Waals surface area contributed by atoms with Gasteiger partial charge >= 0.3 is 0 Å². The first-order valence-corrected chi connectivity index (χ1v) is 7.72. The van der Waals surface area contributed by atoms with Gasteiger partial charge in [-0.05, 0) is 53.6 Å². The van der Waals surface area contributed by atoms with Crippen molar-refractivity contribution in [2.45, 2.75) is 6.92 Å². The fraction of sp³-hybridized carbons (Fsp3) is 0.0952. The zero-order chi connectivity index (χ0) is 16.0. The highest BCUT2D eigenvalue weighted by molar-refractivity contribution is 6.07. The van der Waals surface area contributed by atoms with Crippen molar-refractivity contribution in [1.82, 2.24) is 0 Å². The van der Waals surface area contributed by atoms with Crippen LogP contribution in [-0.4, -0.2) is 0 Å². The van der Waals surface area contributed by atoms with Crippen molar-refractivity contribution < 1.29 is 8.96 Å². The van der Waals surface area contributed by atoms with Crippen molar-refractivity contribution in [1.29, 1.82) is 0 Å². The Morgan fingerprint density at radius 1 is 0.870 bits per heavy atom. The Bertz CT molecular complexity index is 1030. The second-order valence-electron chi connectivity index (χ2n) is 5.96. The molecule has 0 atom stereocenters. The van der Waals surface area contributed by atoms with Crippen LogP contribution in [0, 0.1) is 12.7 Å². The van der Waals surface area contributed by atoms with E-state index in [1.165, 1.54) is 39.4 Å². The molecule has 0 amide bonds. The van der Waals surface area contributed by atoms with Gasteiger partial charge in [-0.3, -0.25) is 0 Å². The number of fused-ring (bicyclic) bond motifs is 3. The van der Waals surface area contributed by atoms with Gasteiger partial charge in [0.1, 0.15) is 12.9 Å². The summed E-state index contributed by atoms with van der Waals surface area (Å²) < 4.78 is 15.4. The molecule has 0 N–H and O–H groups in total.